The van der Waals surface area contributed by atoms with Crippen molar-refractivity contribution in [2.45, 2.75) is 13.5 Å². The fraction of sp³-hybridized carbons (Fsp3) is 0.250. The van der Waals surface area contributed by atoms with Crippen molar-refractivity contribution in [1.29, 1.82) is 0 Å². The van der Waals surface area contributed by atoms with E-state index in [9.17, 15) is 4.79 Å². The summed E-state index contributed by atoms with van der Waals surface area (Å²) in [7, 11) is 0. The van der Waals surface area contributed by atoms with E-state index in [4.69, 9.17) is 5.73 Å². The number of H-pyrrole nitrogens is 1. The van der Waals surface area contributed by atoms with E-state index in [0.29, 0.717) is 6.54 Å². The second-order valence-corrected chi connectivity index (χ2v) is 4.41. The zero-order valence-electron chi connectivity index (χ0n) is 8.52. The topological polar surface area (TPSA) is 110 Å². The zero-order chi connectivity index (χ0) is 11.5. The van der Waals surface area contributed by atoms with Crippen LogP contribution in [-0.2, 0) is 6.54 Å². The molecule has 1 amide bonds. The number of hydrogen-bond donors (Lipinski definition) is 3. The van der Waals surface area contributed by atoms with Gasteiger partial charge in [0, 0.05) is 11.1 Å². The number of aromatic nitrogens is 4. The summed E-state index contributed by atoms with van der Waals surface area (Å²) in [6.45, 7) is 2.33. The van der Waals surface area contributed by atoms with Gasteiger partial charge < -0.3 is 11.1 Å². The Labute approximate surface area is 95.1 Å². The number of carbonyl (C=O) groups excluding carboxylic acids is 1. The Kier molecular flexibility index (Phi) is 2.82. The molecule has 0 aliphatic rings. The Hall–Kier alpha value is -1.96. The molecule has 16 heavy (non-hydrogen) atoms. The molecule has 0 saturated heterocycles. The van der Waals surface area contributed by atoms with Gasteiger partial charge in [0.1, 0.15) is 5.01 Å². The summed E-state index contributed by atoms with van der Waals surface area (Å²) in [6.07, 6.45) is 1.76. The van der Waals surface area contributed by atoms with Crippen molar-refractivity contribution in [3.05, 3.63) is 21.9 Å². The number of nitrogen functional groups attached to an aromatic ring is 1. The summed E-state index contributed by atoms with van der Waals surface area (Å²) in [5.74, 6) is -0.196. The molecule has 2 aromatic rings. The molecule has 2 rings (SSSR count). The maximum atomic E-state index is 11.5. The van der Waals surface area contributed by atoms with Crippen molar-refractivity contribution in [3.63, 3.8) is 0 Å². The third-order valence-corrected chi connectivity index (χ3v) is 2.70. The Morgan fingerprint density at radius 1 is 1.69 bits per heavy atom. The first kappa shape index (κ1) is 10.6. The normalized spacial score (nSPS) is 10.3. The molecule has 0 fully saturated rings. The van der Waals surface area contributed by atoms with Crippen LogP contribution in [0.15, 0.2) is 6.20 Å². The molecule has 0 spiro atoms. The molecular formula is C8H10N6OS. The van der Waals surface area contributed by atoms with Gasteiger partial charge in [0.15, 0.2) is 0 Å². The third kappa shape index (κ3) is 2.34. The molecule has 0 aliphatic heterocycles. The number of anilines is 1. The third-order valence-electron chi connectivity index (χ3n) is 1.79. The van der Waals surface area contributed by atoms with Crippen molar-refractivity contribution < 1.29 is 4.79 Å². The summed E-state index contributed by atoms with van der Waals surface area (Å²) >= 11 is 1.53. The van der Waals surface area contributed by atoms with Crippen molar-refractivity contribution in [2.24, 2.45) is 0 Å². The van der Waals surface area contributed by atoms with Gasteiger partial charge in [-0.25, -0.2) is 4.98 Å². The highest BCUT2D eigenvalue weighted by molar-refractivity contribution is 7.11. The summed E-state index contributed by atoms with van der Waals surface area (Å²) < 4.78 is 0. The fourth-order valence-electron chi connectivity index (χ4n) is 1.10. The lowest BCUT2D eigenvalue weighted by Crippen LogP contribution is -2.23. The molecule has 84 valence electrons. The van der Waals surface area contributed by atoms with Gasteiger partial charge in [-0.05, 0) is 6.92 Å². The number of aryl methyl sites for hydroxylation is 1. The molecule has 0 aromatic carbocycles. The van der Waals surface area contributed by atoms with E-state index in [-0.39, 0.29) is 17.7 Å². The standard InChI is InChI=1S/C8H10N6OS/c1-4-2-10-5(16-4)3-11-7(15)6-12-8(9)14-13-6/h2H,3H2,1H3,(H,11,15)(H3,9,12,13,14). The summed E-state index contributed by atoms with van der Waals surface area (Å²) in [5, 5.41) is 9.50. The second-order valence-electron chi connectivity index (χ2n) is 3.09. The maximum absolute atomic E-state index is 11.5. The molecule has 0 unspecified atom stereocenters. The number of thiazole rings is 1. The quantitative estimate of drug-likeness (QED) is 0.701. The minimum Gasteiger partial charge on any atom is -0.366 e. The van der Waals surface area contributed by atoms with Crippen LogP contribution in [0.2, 0.25) is 0 Å². The zero-order valence-corrected chi connectivity index (χ0v) is 9.34. The van der Waals surface area contributed by atoms with E-state index in [1.807, 2.05) is 6.92 Å². The highest BCUT2D eigenvalue weighted by Crippen LogP contribution is 2.10. The van der Waals surface area contributed by atoms with Crippen LogP contribution in [0.4, 0.5) is 5.95 Å². The lowest BCUT2D eigenvalue weighted by molar-refractivity contribution is 0.0941. The Morgan fingerprint density at radius 2 is 2.50 bits per heavy atom. The molecule has 0 saturated carbocycles. The highest BCUT2D eigenvalue weighted by atomic mass is 32.1. The van der Waals surface area contributed by atoms with Crippen molar-refractivity contribution in [2.75, 3.05) is 5.73 Å². The van der Waals surface area contributed by atoms with E-state index in [1.54, 1.807) is 6.20 Å². The minimum absolute atomic E-state index is 0.0512. The Balaban J connectivity index is 1.93. The van der Waals surface area contributed by atoms with E-state index in [2.05, 4.69) is 25.5 Å². The molecule has 2 heterocycles. The van der Waals surface area contributed by atoms with Crippen LogP contribution in [0.25, 0.3) is 0 Å². The largest absolute Gasteiger partial charge is 0.366 e. The van der Waals surface area contributed by atoms with Gasteiger partial charge in [0.2, 0.25) is 11.8 Å². The monoisotopic (exact) mass is 238 g/mol. The predicted octanol–water partition coefficient (Wildman–Crippen LogP) is 0.0818. The van der Waals surface area contributed by atoms with Crippen LogP contribution >= 0.6 is 11.3 Å². The number of nitrogens with zero attached hydrogens (tertiary/aromatic N) is 3. The number of carbonyl (C=O) groups is 1. The first-order valence-electron chi connectivity index (χ1n) is 4.52. The van der Waals surface area contributed by atoms with Crippen LogP contribution in [0, 0.1) is 6.92 Å². The lowest BCUT2D eigenvalue weighted by Gasteiger charge is -1.98. The molecule has 0 atom stereocenters. The average Bonchev–Trinajstić information content (AvgIpc) is 2.84. The van der Waals surface area contributed by atoms with Crippen molar-refractivity contribution in [3.8, 4) is 0 Å². The minimum atomic E-state index is -0.350. The van der Waals surface area contributed by atoms with E-state index in [1.165, 1.54) is 11.3 Å². The number of aromatic amines is 1. The predicted molar refractivity (Wildman–Crippen MR) is 58.8 cm³/mol. The molecule has 0 bridgehead atoms. The number of nitrogens with two attached hydrogens (primary N) is 1. The molecular weight excluding hydrogens is 228 g/mol. The highest BCUT2D eigenvalue weighted by Gasteiger charge is 2.10. The molecule has 0 radical (unpaired) electrons. The van der Waals surface area contributed by atoms with Crippen molar-refractivity contribution >= 4 is 23.2 Å². The maximum Gasteiger partial charge on any atom is 0.289 e. The molecule has 4 N–H and O–H groups in total. The summed E-state index contributed by atoms with van der Waals surface area (Å²) in [5.41, 5.74) is 5.28. The molecule has 2 aromatic heterocycles. The van der Waals surface area contributed by atoms with Gasteiger partial charge in [0.25, 0.3) is 5.91 Å². The SMILES string of the molecule is Cc1cnc(CNC(=O)c2nc(N)n[nH]2)s1. The Bertz CT molecular complexity index is 504. The van der Waals surface area contributed by atoms with Crippen LogP contribution in [0.3, 0.4) is 0 Å². The molecule has 7 nitrogen and oxygen atoms in total. The first-order chi connectivity index (χ1) is 7.65. The van der Waals surface area contributed by atoms with Gasteiger partial charge in [-0.1, -0.05) is 0 Å². The Morgan fingerprint density at radius 3 is 3.06 bits per heavy atom. The second kappa shape index (κ2) is 4.27. The van der Waals surface area contributed by atoms with Crippen LogP contribution in [0.5, 0.6) is 0 Å². The number of hydrogen-bond acceptors (Lipinski definition) is 6. The van der Waals surface area contributed by atoms with Gasteiger partial charge >= 0.3 is 0 Å². The number of rotatable bonds is 3. The van der Waals surface area contributed by atoms with Crippen molar-refractivity contribution in [1.82, 2.24) is 25.5 Å². The average molecular weight is 238 g/mol. The fourth-order valence-corrected chi connectivity index (χ4v) is 1.83. The summed E-state index contributed by atoms with van der Waals surface area (Å²) in [4.78, 5) is 20.4. The van der Waals surface area contributed by atoms with Crippen LogP contribution in [0.1, 0.15) is 20.5 Å². The number of amides is 1. The van der Waals surface area contributed by atoms with E-state index >= 15 is 0 Å². The van der Waals surface area contributed by atoms with Gasteiger partial charge in [-0.15, -0.1) is 16.4 Å². The lowest BCUT2D eigenvalue weighted by atomic mass is 10.5. The smallest absolute Gasteiger partial charge is 0.289 e. The first-order valence-corrected chi connectivity index (χ1v) is 5.34. The van der Waals surface area contributed by atoms with E-state index in [0.717, 1.165) is 9.88 Å². The van der Waals surface area contributed by atoms with Gasteiger partial charge in [-0.2, -0.15) is 4.98 Å². The summed E-state index contributed by atoms with van der Waals surface area (Å²) in [6, 6.07) is 0. The molecule has 0 aliphatic carbocycles. The van der Waals surface area contributed by atoms with Gasteiger partial charge in [0.05, 0.1) is 6.54 Å². The van der Waals surface area contributed by atoms with Crippen LogP contribution in [-0.4, -0.2) is 26.1 Å². The van der Waals surface area contributed by atoms with Crippen LogP contribution < -0.4 is 11.1 Å². The number of nitrogens with one attached hydrogen (secondary N) is 2. The van der Waals surface area contributed by atoms with Gasteiger partial charge in [-0.3, -0.25) is 9.89 Å². The molecule has 8 heteroatoms. The van der Waals surface area contributed by atoms with E-state index < -0.39 is 0 Å².